The van der Waals surface area contributed by atoms with Crippen LogP contribution in [0.25, 0.3) is 0 Å². The Labute approximate surface area is 129 Å². The number of hydrogen-bond acceptors (Lipinski definition) is 3. The Bertz CT molecular complexity index is 592. The number of carboxylic acid groups (broad SMARTS) is 1. The summed E-state index contributed by atoms with van der Waals surface area (Å²) in [5.74, 6) is -0.510. The number of carbonyl (C=O) groups is 1. The van der Waals surface area contributed by atoms with Crippen molar-refractivity contribution in [3.8, 4) is 0 Å². The van der Waals surface area contributed by atoms with Crippen LogP contribution in [0.3, 0.4) is 0 Å². The first-order valence-electron chi connectivity index (χ1n) is 6.87. The number of benzene rings is 1. The monoisotopic (exact) mass is 331 g/mol. The average Bonchev–Trinajstić information content (AvgIpc) is 2.46. The molecule has 1 N–H and O–H groups in total. The van der Waals surface area contributed by atoms with Crippen molar-refractivity contribution in [3.63, 3.8) is 0 Å². The smallest absolute Gasteiger partial charge is 0.303 e. The van der Waals surface area contributed by atoms with Gasteiger partial charge >= 0.3 is 5.97 Å². The van der Waals surface area contributed by atoms with Crippen LogP contribution in [-0.4, -0.2) is 36.9 Å². The van der Waals surface area contributed by atoms with Gasteiger partial charge in [-0.1, -0.05) is 11.6 Å². The molecule has 21 heavy (non-hydrogen) atoms. The number of nitrogens with zero attached hydrogens (tertiary/aromatic N) is 1. The Kier molecular flexibility index (Phi) is 5.24. The minimum Gasteiger partial charge on any atom is -0.481 e. The van der Waals surface area contributed by atoms with Gasteiger partial charge in [0.25, 0.3) is 0 Å². The van der Waals surface area contributed by atoms with Crippen molar-refractivity contribution >= 4 is 27.6 Å². The van der Waals surface area contributed by atoms with Crippen LogP contribution < -0.4 is 0 Å². The molecule has 0 bridgehead atoms. The number of carboxylic acids is 1. The molecule has 0 aliphatic carbocycles. The Hall–Kier alpha value is -1.11. The third-order valence-electron chi connectivity index (χ3n) is 3.79. The molecule has 1 aliphatic heterocycles. The summed E-state index contributed by atoms with van der Waals surface area (Å²) in [6, 6.07) is 6.14. The van der Waals surface area contributed by atoms with Gasteiger partial charge in [0.05, 0.1) is 4.90 Å². The van der Waals surface area contributed by atoms with Gasteiger partial charge in [-0.2, -0.15) is 4.31 Å². The second-order valence-corrected chi connectivity index (χ2v) is 7.61. The second-order valence-electron chi connectivity index (χ2n) is 5.23. The highest BCUT2D eigenvalue weighted by molar-refractivity contribution is 7.89. The van der Waals surface area contributed by atoms with Gasteiger partial charge in [-0.3, -0.25) is 4.79 Å². The van der Waals surface area contributed by atoms with Gasteiger partial charge in [0.1, 0.15) is 0 Å². The topological polar surface area (TPSA) is 74.7 Å². The minimum atomic E-state index is -3.48. The molecular formula is C14H18ClNO4S. The SMILES string of the molecule is O=C(O)CCC1CCN(S(=O)(=O)c2ccc(Cl)cc2)CC1. The molecule has 1 aliphatic rings. The molecule has 0 radical (unpaired) electrons. The summed E-state index contributed by atoms with van der Waals surface area (Å²) in [4.78, 5) is 10.8. The molecule has 0 spiro atoms. The molecule has 0 aromatic heterocycles. The van der Waals surface area contributed by atoms with Gasteiger partial charge in [-0.25, -0.2) is 8.42 Å². The van der Waals surface area contributed by atoms with Crippen LogP contribution in [0.5, 0.6) is 0 Å². The Morgan fingerprint density at radius 1 is 1.24 bits per heavy atom. The van der Waals surface area contributed by atoms with E-state index < -0.39 is 16.0 Å². The van der Waals surface area contributed by atoms with Crippen molar-refractivity contribution in [2.45, 2.75) is 30.6 Å². The van der Waals surface area contributed by atoms with E-state index in [9.17, 15) is 13.2 Å². The van der Waals surface area contributed by atoms with Gasteiger partial charge in [0.2, 0.25) is 10.0 Å². The molecule has 1 aromatic carbocycles. The lowest BCUT2D eigenvalue weighted by molar-refractivity contribution is -0.137. The molecule has 5 nitrogen and oxygen atoms in total. The van der Waals surface area contributed by atoms with E-state index in [4.69, 9.17) is 16.7 Å². The number of hydrogen-bond donors (Lipinski definition) is 1. The van der Waals surface area contributed by atoms with Gasteiger partial charge < -0.3 is 5.11 Å². The molecule has 1 fully saturated rings. The Balaban J connectivity index is 1.97. The highest BCUT2D eigenvalue weighted by Gasteiger charge is 2.29. The van der Waals surface area contributed by atoms with Gasteiger partial charge in [-0.05, 0) is 49.4 Å². The highest BCUT2D eigenvalue weighted by Crippen LogP contribution is 2.26. The van der Waals surface area contributed by atoms with E-state index in [1.54, 1.807) is 12.1 Å². The molecule has 0 saturated carbocycles. The Morgan fingerprint density at radius 2 is 1.81 bits per heavy atom. The normalized spacial score (nSPS) is 17.8. The molecule has 1 aromatic rings. The fourth-order valence-corrected chi connectivity index (χ4v) is 4.12. The standard InChI is InChI=1S/C14H18ClNO4S/c15-12-2-4-13(5-3-12)21(19,20)16-9-7-11(8-10-16)1-6-14(17)18/h2-5,11H,1,6-10H2,(H,17,18). The van der Waals surface area contributed by atoms with E-state index in [0.29, 0.717) is 37.4 Å². The zero-order valence-electron chi connectivity index (χ0n) is 11.5. The number of sulfonamides is 1. The lowest BCUT2D eigenvalue weighted by Crippen LogP contribution is -2.38. The maximum atomic E-state index is 12.5. The molecular weight excluding hydrogens is 314 g/mol. The fourth-order valence-electron chi connectivity index (χ4n) is 2.52. The van der Waals surface area contributed by atoms with Crippen LogP contribution in [0.1, 0.15) is 25.7 Å². The van der Waals surface area contributed by atoms with Crippen molar-refractivity contribution in [1.29, 1.82) is 0 Å². The van der Waals surface area contributed by atoms with E-state index >= 15 is 0 Å². The van der Waals surface area contributed by atoms with Gasteiger partial charge in [-0.15, -0.1) is 0 Å². The van der Waals surface area contributed by atoms with Crippen LogP contribution in [0.4, 0.5) is 0 Å². The quantitative estimate of drug-likeness (QED) is 0.900. The number of rotatable bonds is 5. The first-order valence-corrected chi connectivity index (χ1v) is 8.69. The third-order valence-corrected chi connectivity index (χ3v) is 5.96. The summed E-state index contributed by atoms with van der Waals surface area (Å²) in [5, 5.41) is 9.18. The van der Waals surface area contributed by atoms with Gasteiger partial charge in [0, 0.05) is 24.5 Å². The van der Waals surface area contributed by atoms with E-state index in [-0.39, 0.29) is 17.2 Å². The van der Waals surface area contributed by atoms with Gasteiger partial charge in [0.15, 0.2) is 0 Å². The molecule has 1 heterocycles. The van der Waals surface area contributed by atoms with Crippen LogP contribution in [0, 0.1) is 5.92 Å². The average molecular weight is 332 g/mol. The summed E-state index contributed by atoms with van der Waals surface area (Å²) in [7, 11) is -3.48. The molecule has 2 rings (SSSR count). The molecule has 0 atom stereocenters. The molecule has 0 unspecified atom stereocenters. The third kappa shape index (κ3) is 4.18. The van der Waals surface area contributed by atoms with Crippen molar-refractivity contribution in [1.82, 2.24) is 4.31 Å². The number of aliphatic carboxylic acids is 1. The number of piperidine rings is 1. The predicted molar refractivity (Wildman–Crippen MR) is 79.8 cm³/mol. The second kappa shape index (κ2) is 6.77. The summed E-state index contributed by atoms with van der Waals surface area (Å²) in [5.41, 5.74) is 0. The van der Waals surface area contributed by atoms with E-state index in [0.717, 1.165) is 0 Å². The first kappa shape index (κ1) is 16.3. The van der Waals surface area contributed by atoms with Crippen molar-refractivity contribution in [2.24, 2.45) is 5.92 Å². The maximum Gasteiger partial charge on any atom is 0.303 e. The highest BCUT2D eigenvalue weighted by atomic mass is 35.5. The summed E-state index contributed by atoms with van der Waals surface area (Å²) in [6.45, 7) is 0.879. The predicted octanol–water partition coefficient (Wildman–Crippen LogP) is 2.61. The van der Waals surface area contributed by atoms with E-state index in [1.807, 2.05) is 0 Å². The largest absolute Gasteiger partial charge is 0.481 e. The molecule has 1 saturated heterocycles. The van der Waals surface area contributed by atoms with Crippen LogP contribution in [0.2, 0.25) is 5.02 Å². The van der Waals surface area contributed by atoms with Crippen LogP contribution >= 0.6 is 11.6 Å². The fraction of sp³-hybridized carbons (Fsp3) is 0.500. The first-order chi connectivity index (χ1) is 9.89. The molecule has 0 amide bonds. The summed E-state index contributed by atoms with van der Waals surface area (Å²) in [6.07, 6.45) is 2.18. The van der Waals surface area contributed by atoms with Crippen molar-refractivity contribution in [2.75, 3.05) is 13.1 Å². The number of halogens is 1. The van der Waals surface area contributed by atoms with Crippen LogP contribution in [0.15, 0.2) is 29.2 Å². The zero-order chi connectivity index (χ0) is 15.5. The minimum absolute atomic E-state index is 0.147. The summed E-state index contributed by atoms with van der Waals surface area (Å²) >= 11 is 5.77. The van der Waals surface area contributed by atoms with Crippen LogP contribution in [-0.2, 0) is 14.8 Å². The molecule has 7 heteroatoms. The lowest BCUT2D eigenvalue weighted by Gasteiger charge is -2.31. The molecule has 116 valence electrons. The zero-order valence-corrected chi connectivity index (χ0v) is 13.1. The maximum absolute atomic E-state index is 12.5. The lowest BCUT2D eigenvalue weighted by atomic mass is 9.93. The van der Waals surface area contributed by atoms with E-state index in [2.05, 4.69) is 0 Å². The van der Waals surface area contributed by atoms with Crippen molar-refractivity contribution < 1.29 is 18.3 Å². The summed E-state index contributed by atoms with van der Waals surface area (Å²) < 4.78 is 26.4. The van der Waals surface area contributed by atoms with E-state index in [1.165, 1.54) is 16.4 Å². The Morgan fingerprint density at radius 3 is 2.33 bits per heavy atom. The van der Waals surface area contributed by atoms with Crippen molar-refractivity contribution in [3.05, 3.63) is 29.3 Å².